The van der Waals surface area contributed by atoms with E-state index in [-0.39, 0.29) is 0 Å². The molecule has 19 heavy (non-hydrogen) atoms. The Kier molecular flexibility index (Phi) is 3.87. The Balaban J connectivity index is 2.32. The zero-order chi connectivity index (χ0) is 13.9. The number of aliphatic carboxylic acids is 1. The predicted molar refractivity (Wildman–Crippen MR) is 70.4 cm³/mol. The van der Waals surface area contributed by atoms with E-state index in [9.17, 15) is 9.90 Å². The van der Waals surface area contributed by atoms with Crippen molar-refractivity contribution in [2.75, 3.05) is 18.1 Å². The van der Waals surface area contributed by atoms with E-state index in [1.807, 2.05) is 11.8 Å². The van der Waals surface area contributed by atoms with Crippen molar-refractivity contribution in [1.29, 1.82) is 0 Å². The topological polar surface area (TPSA) is 75.5 Å². The second kappa shape index (κ2) is 5.42. The molecule has 1 aliphatic heterocycles. The molecule has 104 valence electrons. The first-order chi connectivity index (χ1) is 9.08. The van der Waals surface area contributed by atoms with Crippen molar-refractivity contribution in [3.63, 3.8) is 0 Å². The van der Waals surface area contributed by atoms with Gasteiger partial charge in [0.05, 0.1) is 6.61 Å². The summed E-state index contributed by atoms with van der Waals surface area (Å²) >= 11 is 0. The van der Waals surface area contributed by atoms with E-state index in [0.29, 0.717) is 31.3 Å². The number of hydrogen-bond donors (Lipinski definition) is 1. The van der Waals surface area contributed by atoms with Crippen LogP contribution in [0.4, 0.5) is 5.82 Å². The minimum Gasteiger partial charge on any atom is -0.480 e. The average Bonchev–Trinajstić information content (AvgIpc) is 2.40. The van der Waals surface area contributed by atoms with Gasteiger partial charge >= 0.3 is 5.97 Å². The second-order valence-corrected chi connectivity index (χ2v) is 4.84. The van der Waals surface area contributed by atoms with E-state index in [4.69, 9.17) is 4.74 Å². The predicted octanol–water partition coefficient (Wildman–Crippen LogP) is 1.71. The van der Waals surface area contributed by atoms with Crippen LogP contribution in [0.5, 0.6) is 5.88 Å². The lowest BCUT2D eigenvalue weighted by Gasteiger charge is -2.42. The molecular weight excluding hydrogens is 246 g/mol. The molecule has 1 unspecified atom stereocenters. The van der Waals surface area contributed by atoms with Gasteiger partial charge in [-0.25, -0.2) is 14.8 Å². The number of piperidine rings is 1. The van der Waals surface area contributed by atoms with E-state index >= 15 is 0 Å². The number of ether oxygens (including phenoxy) is 1. The maximum atomic E-state index is 11.6. The molecule has 0 amide bonds. The summed E-state index contributed by atoms with van der Waals surface area (Å²) in [7, 11) is 0. The molecule has 0 radical (unpaired) electrons. The number of carbonyl (C=O) groups is 1. The highest BCUT2D eigenvalue weighted by Crippen LogP contribution is 2.32. The highest BCUT2D eigenvalue weighted by Gasteiger charge is 2.42. The van der Waals surface area contributed by atoms with Gasteiger partial charge in [0.2, 0.25) is 5.88 Å². The highest BCUT2D eigenvalue weighted by molar-refractivity contribution is 5.83. The van der Waals surface area contributed by atoms with Crippen LogP contribution in [0.15, 0.2) is 12.4 Å². The van der Waals surface area contributed by atoms with Crippen LogP contribution in [0.2, 0.25) is 0 Å². The van der Waals surface area contributed by atoms with E-state index in [1.54, 1.807) is 13.0 Å². The SMILES string of the molecule is CCOc1cc(N2CCCCC2(C)C(=O)O)ncn1. The highest BCUT2D eigenvalue weighted by atomic mass is 16.5. The minimum atomic E-state index is -0.907. The number of rotatable bonds is 4. The maximum absolute atomic E-state index is 11.6. The van der Waals surface area contributed by atoms with Gasteiger partial charge in [-0.1, -0.05) is 0 Å². The molecule has 0 aliphatic carbocycles. The van der Waals surface area contributed by atoms with E-state index in [1.165, 1.54) is 6.33 Å². The minimum absolute atomic E-state index is 0.478. The van der Waals surface area contributed by atoms with Crippen molar-refractivity contribution in [1.82, 2.24) is 9.97 Å². The van der Waals surface area contributed by atoms with Gasteiger partial charge in [0, 0.05) is 12.6 Å². The molecule has 1 aromatic heterocycles. The zero-order valence-corrected chi connectivity index (χ0v) is 11.3. The summed E-state index contributed by atoms with van der Waals surface area (Å²) in [4.78, 5) is 21.6. The number of hydrogen-bond acceptors (Lipinski definition) is 5. The first-order valence-electron chi connectivity index (χ1n) is 6.54. The summed E-state index contributed by atoms with van der Waals surface area (Å²) in [5.41, 5.74) is -0.907. The molecule has 0 saturated carbocycles. The Morgan fingerprint density at radius 3 is 3.00 bits per heavy atom. The molecule has 0 aromatic carbocycles. The normalized spacial score (nSPS) is 23.2. The molecule has 1 aliphatic rings. The molecule has 0 bridgehead atoms. The summed E-state index contributed by atoms with van der Waals surface area (Å²) in [6, 6.07) is 1.70. The van der Waals surface area contributed by atoms with Crippen LogP contribution in [0.25, 0.3) is 0 Å². The number of carboxylic acids is 1. The lowest BCUT2D eigenvalue weighted by atomic mass is 9.88. The standard InChI is InChI=1S/C13H19N3O3/c1-3-19-11-8-10(14-9-15-11)16-7-5-4-6-13(16,2)12(17)18/h8-9H,3-7H2,1-2H3,(H,17,18). The third-order valence-electron chi connectivity index (χ3n) is 3.55. The molecule has 1 atom stereocenters. The van der Waals surface area contributed by atoms with Gasteiger partial charge in [0.25, 0.3) is 0 Å². The van der Waals surface area contributed by atoms with E-state index in [2.05, 4.69) is 9.97 Å². The molecule has 2 heterocycles. The Hall–Kier alpha value is -1.85. The first kappa shape index (κ1) is 13.6. The first-order valence-corrected chi connectivity index (χ1v) is 6.54. The monoisotopic (exact) mass is 265 g/mol. The summed E-state index contributed by atoms with van der Waals surface area (Å²) in [6.07, 6.45) is 3.92. The van der Waals surface area contributed by atoms with E-state index < -0.39 is 11.5 Å². The van der Waals surface area contributed by atoms with Crippen molar-refractivity contribution in [3.8, 4) is 5.88 Å². The third-order valence-corrected chi connectivity index (χ3v) is 3.55. The number of anilines is 1. The Morgan fingerprint density at radius 1 is 1.53 bits per heavy atom. The molecule has 1 fully saturated rings. The molecule has 1 saturated heterocycles. The van der Waals surface area contributed by atoms with Crippen LogP contribution >= 0.6 is 0 Å². The maximum Gasteiger partial charge on any atom is 0.329 e. The fraction of sp³-hybridized carbons (Fsp3) is 0.615. The van der Waals surface area contributed by atoms with Gasteiger partial charge < -0.3 is 14.7 Å². The third kappa shape index (κ3) is 2.62. The molecular formula is C13H19N3O3. The molecule has 6 nitrogen and oxygen atoms in total. The van der Waals surface area contributed by atoms with Crippen molar-refractivity contribution >= 4 is 11.8 Å². The van der Waals surface area contributed by atoms with Crippen LogP contribution in [-0.4, -0.2) is 39.7 Å². The second-order valence-electron chi connectivity index (χ2n) is 4.84. The van der Waals surface area contributed by atoms with Crippen LogP contribution < -0.4 is 9.64 Å². The summed E-state index contributed by atoms with van der Waals surface area (Å²) in [6.45, 7) is 4.83. The van der Waals surface area contributed by atoms with E-state index in [0.717, 1.165) is 12.8 Å². The molecule has 6 heteroatoms. The van der Waals surface area contributed by atoms with Gasteiger partial charge in [0.1, 0.15) is 17.7 Å². The van der Waals surface area contributed by atoms with Crippen LogP contribution in [0.1, 0.15) is 33.1 Å². The number of aromatic nitrogens is 2. The quantitative estimate of drug-likeness (QED) is 0.893. The summed E-state index contributed by atoms with van der Waals surface area (Å²) < 4.78 is 5.34. The van der Waals surface area contributed by atoms with Crippen molar-refractivity contribution in [3.05, 3.63) is 12.4 Å². The number of carboxylic acid groups (broad SMARTS) is 1. The van der Waals surface area contributed by atoms with Crippen molar-refractivity contribution < 1.29 is 14.6 Å². The largest absolute Gasteiger partial charge is 0.480 e. The van der Waals surface area contributed by atoms with Crippen molar-refractivity contribution in [2.45, 2.75) is 38.6 Å². The molecule has 2 rings (SSSR count). The van der Waals surface area contributed by atoms with Gasteiger partial charge in [-0.2, -0.15) is 0 Å². The zero-order valence-electron chi connectivity index (χ0n) is 11.3. The lowest BCUT2D eigenvalue weighted by molar-refractivity contribution is -0.143. The van der Waals surface area contributed by atoms with Gasteiger partial charge in [0.15, 0.2) is 0 Å². The van der Waals surface area contributed by atoms with Crippen LogP contribution in [0, 0.1) is 0 Å². The van der Waals surface area contributed by atoms with Crippen molar-refractivity contribution in [2.24, 2.45) is 0 Å². The van der Waals surface area contributed by atoms with Gasteiger partial charge in [-0.15, -0.1) is 0 Å². The summed E-state index contributed by atoms with van der Waals surface area (Å²) in [5, 5.41) is 9.49. The molecule has 1 aromatic rings. The smallest absolute Gasteiger partial charge is 0.329 e. The lowest BCUT2D eigenvalue weighted by Crippen LogP contribution is -2.55. The Morgan fingerprint density at radius 2 is 2.32 bits per heavy atom. The Labute approximate surface area is 112 Å². The van der Waals surface area contributed by atoms with Crippen LogP contribution in [-0.2, 0) is 4.79 Å². The van der Waals surface area contributed by atoms with Gasteiger partial charge in [-0.3, -0.25) is 0 Å². The van der Waals surface area contributed by atoms with Crippen LogP contribution in [0.3, 0.4) is 0 Å². The fourth-order valence-corrected chi connectivity index (χ4v) is 2.41. The fourth-order valence-electron chi connectivity index (χ4n) is 2.41. The average molecular weight is 265 g/mol. The number of nitrogens with zero attached hydrogens (tertiary/aromatic N) is 3. The Bertz CT molecular complexity index is 466. The molecule has 1 N–H and O–H groups in total. The molecule has 0 spiro atoms. The summed E-state index contributed by atoms with van der Waals surface area (Å²) in [5.74, 6) is 0.276. The van der Waals surface area contributed by atoms with Gasteiger partial charge in [-0.05, 0) is 33.1 Å².